The van der Waals surface area contributed by atoms with Gasteiger partial charge in [-0.2, -0.15) is 5.01 Å². The quantitative estimate of drug-likeness (QED) is 0.159. The molecule has 1 aliphatic carbocycles. The molecule has 350 valence electrons. The van der Waals surface area contributed by atoms with E-state index in [1.165, 1.54) is 31.4 Å². The van der Waals surface area contributed by atoms with Gasteiger partial charge in [-0.25, -0.2) is 4.98 Å². The van der Waals surface area contributed by atoms with Gasteiger partial charge in [0.15, 0.2) is 0 Å². The summed E-state index contributed by atoms with van der Waals surface area (Å²) in [7, 11) is 0. The number of piperazine rings is 1. The van der Waals surface area contributed by atoms with E-state index in [9.17, 15) is 24.3 Å². The monoisotopic (exact) mass is 893 g/mol. The summed E-state index contributed by atoms with van der Waals surface area (Å²) in [5.74, 6) is -0.438. The second-order valence-electron chi connectivity index (χ2n) is 20.2. The van der Waals surface area contributed by atoms with E-state index in [-0.39, 0.29) is 54.5 Å². The van der Waals surface area contributed by atoms with E-state index in [0.29, 0.717) is 37.4 Å². The van der Waals surface area contributed by atoms with Crippen LogP contribution in [0.1, 0.15) is 101 Å². The Hall–Kier alpha value is -4.65. The number of fused-ring (bicyclic) bond motifs is 6. The lowest BCUT2D eigenvalue weighted by Crippen LogP contribution is -2.69. The number of amides is 4. The molecule has 2 bridgehead atoms. The second-order valence-corrected chi connectivity index (χ2v) is 20.2. The van der Waals surface area contributed by atoms with Gasteiger partial charge >= 0.3 is 0 Å². The van der Waals surface area contributed by atoms with Crippen LogP contribution in [0, 0.1) is 11.3 Å². The van der Waals surface area contributed by atoms with Crippen molar-refractivity contribution in [3.05, 3.63) is 60.3 Å². The molecular formula is C48H68N12O5. The third-order valence-electron chi connectivity index (χ3n) is 16.1. The number of aromatic nitrogens is 1. The number of aliphatic hydroxyl groups is 1. The molecule has 2 aromatic rings. The summed E-state index contributed by atoms with van der Waals surface area (Å²) in [6.07, 6.45) is 15.8. The highest BCUT2D eigenvalue weighted by Crippen LogP contribution is 2.46. The van der Waals surface area contributed by atoms with Crippen molar-refractivity contribution in [3.63, 3.8) is 0 Å². The van der Waals surface area contributed by atoms with E-state index in [4.69, 9.17) is 0 Å². The maximum atomic E-state index is 13.8. The van der Waals surface area contributed by atoms with Crippen molar-refractivity contribution in [1.29, 1.82) is 0 Å². The number of benzene rings is 1. The topological polar surface area (TPSA) is 190 Å². The second kappa shape index (κ2) is 18.6. The predicted molar refractivity (Wildman–Crippen MR) is 247 cm³/mol. The Bertz CT molecular complexity index is 2090. The molecule has 8 aliphatic rings. The first kappa shape index (κ1) is 44.2. The lowest BCUT2D eigenvalue weighted by Gasteiger charge is -2.49. The average Bonchev–Trinajstić information content (AvgIpc) is 3.59. The average molecular weight is 893 g/mol. The number of piperidine rings is 3. The van der Waals surface area contributed by atoms with E-state index in [2.05, 4.69) is 93.0 Å². The molecule has 1 aromatic carbocycles. The molecule has 7 atom stereocenters. The first-order chi connectivity index (χ1) is 31.5. The number of carbonyl (C=O) groups is 4. The number of hydrazine groups is 1. The Balaban J connectivity index is 0.676. The van der Waals surface area contributed by atoms with Gasteiger partial charge in [0, 0.05) is 75.7 Å². The molecule has 10 rings (SSSR count). The number of hydrogen-bond acceptors (Lipinski definition) is 14. The zero-order chi connectivity index (χ0) is 44.7. The van der Waals surface area contributed by atoms with Gasteiger partial charge in [-0.15, -0.1) is 0 Å². The van der Waals surface area contributed by atoms with Crippen LogP contribution in [0.4, 0.5) is 17.2 Å². The first-order valence-corrected chi connectivity index (χ1v) is 24.5. The molecule has 8 heterocycles. The summed E-state index contributed by atoms with van der Waals surface area (Å²) in [5, 5.41) is 35.3. The summed E-state index contributed by atoms with van der Waals surface area (Å²) in [5.41, 5.74) is 2.10. The van der Waals surface area contributed by atoms with Gasteiger partial charge in [-0.1, -0.05) is 18.2 Å². The fraction of sp³-hybridized carbons (Fsp3) is 0.646. The molecule has 6 unspecified atom stereocenters. The minimum Gasteiger partial charge on any atom is -0.389 e. The molecular weight excluding hydrogens is 825 g/mol. The minimum atomic E-state index is -0.807. The predicted octanol–water partition coefficient (Wildman–Crippen LogP) is 2.43. The highest BCUT2D eigenvalue weighted by Gasteiger charge is 2.53. The SMILES string of the molecule is C[C@@]1(O)CC/C=C\CN2C(=O)C3CNC(Nc4ccc(N5CCN(C6CCC7(CC6)CCN(c6cccc(C(=O)NC8CCC(=O)NC8=O)n6)CC7)CC5)cc4)NC3N2C2CCCC1N2. The van der Waals surface area contributed by atoms with Gasteiger partial charge in [-0.05, 0) is 126 Å². The number of rotatable bonds is 7. The highest BCUT2D eigenvalue weighted by molar-refractivity contribution is 6.03. The van der Waals surface area contributed by atoms with E-state index in [0.717, 1.165) is 89.3 Å². The summed E-state index contributed by atoms with van der Waals surface area (Å²) >= 11 is 0. The van der Waals surface area contributed by atoms with Crippen LogP contribution in [0.3, 0.4) is 0 Å². The van der Waals surface area contributed by atoms with Crippen molar-refractivity contribution in [3.8, 4) is 0 Å². The van der Waals surface area contributed by atoms with Gasteiger partial charge in [0.1, 0.15) is 23.8 Å². The lowest BCUT2D eigenvalue weighted by molar-refractivity contribution is -0.146. The molecule has 0 radical (unpaired) electrons. The standard InChI is InChI=1S/C48H68N12O5/c1-47(65)19-3-2-4-24-59-45(64)35-31-49-46(55-42(35)60(59)40-10-6-8-38(47)53-40)50-32-11-13-33(14-12-32)56-27-29-57(30-28-56)34-17-20-48(21-18-34)22-25-58(26-23-48)39-9-5-7-36(51-39)43(62)52-37-15-16-41(61)54-44(37)63/h2,4-5,7,9,11-14,34-35,37-38,40,42,46,49-50,53,55,65H,3,6,8,10,15-31H2,1H3,(H,52,62)(H,54,61,63)/b4-2-/t35?,37?,38?,40?,42?,46?,47-/m1/s1. The van der Waals surface area contributed by atoms with Crippen LogP contribution in [-0.4, -0.2) is 143 Å². The Labute approximate surface area is 382 Å². The molecule has 7 fully saturated rings. The van der Waals surface area contributed by atoms with Gasteiger partial charge < -0.3 is 25.5 Å². The summed E-state index contributed by atoms with van der Waals surface area (Å²) in [4.78, 5) is 62.7. The third-order valence-corrected chi connectivity index (χ3v) is 16.1. The number of imide groups is 1. The van der Waals surface area contributed by atoms with Crippen molar-refractivity contribution in [2.45, 2.75) is 133 Å². The third kappa shape index (κ3) is 9.37. The number of anilines is 3. The fourth-order valence-electron chi connectivity index (χ4n) is 12.1. The van der Waals surface area contributed by atoms with E-state index in [1.807, 2.05) is 24.1 Å². The number of nitrogens with zero attached hydrogens (tertiary/aromatic N) is 6. The summed E-state index contributed by atoms with van der Waals surface area (Å²) in [6.45, 7) is 9.05. The smallest absolute Gasteiger partial charge is 0.270 e. The van der Waals surface area contributed by atoms with Crippen LogP contribution in [0.2, 0.25) is 0 Å². The van der Waals surface area contributed by atoms with E-state index >= 15 is 0 Å². The lowest BCUT2D eigenvalue weighted by atomic mass is 9.66. The van der Waals surface area contributed by atoms with Crippen LogP contribution < -0.4 is 41.7 Å². The van der Waals surface area contributed by atoms with Gasteiger partial charge in [0.25, 0.3) is 5.91 Å². The highest BCUT2D eigenvalue weighted by atomic mass is 16.3. The zero-order valence-corrected chi connectivity index (χ0v) is 37.9. The van der Waals surface area contributed by atoms with Gasteiger partial charge in [-0.3, -0.25) is 50.4 Å². The van der Waals surface area contributed by atoms with Crippen LogP contribution in [-0.2, 0) is 14.4 Å². The molecule has 17 heteroatoms. The first-order valence-electron chi connectivity index (χ1n) is 24.5. The number of pyridine rings is 1. The molecule has 17 nitrogen and oxygen atoms in total. The van der Waals surface area contributed by atoms with Crippen molar-refractivity contribution in [2.24, 2.45) is 11.3 Å². The summed E-state index contributed by atoms with van der Waals surface area (Å²) in [6, 6.07) is 14.1. The maximum Gasteiger partial charge on any atom is 0.270 e. The van der Waals surface area contributed by atoms with Crippen molar-refractivity contribution >= 4 is 40.8 Å². The molecule has 65 heavy (non-hydrogen) atoms. The Kier molecular flexibility index (Phi) is 12.6. The van der Waals surface area contributed by atoms with Crippen LogP contribution in [0.25, 0.3) is 0 Å². The van der Waals surface area contributed by atoms with Crippen molar-refractivity contribution in [1.82, 2.24) is 46.5 Å². The fourth-order valence-corrected chi connectivity index (χ4v) is 12.1. The normalized spacial score (nSPS) is 33.1. The van der Waals surface area contributed by atoms with E-state index in [1.54, 1.807) is 6.07 Å². The molecule has 7 N–H and O–H groups in total. The minimum absolute atomic E-state index is 0.0192. The van der Waals surface area contributed by atoms with Crippen LogP contribution in [0.15, 0.2) is 54.6 Å². The molecule has 7 aliphatic heterocycles. The van der Waals surface area contributed by atoms with Crippen LogP contribution in [0.5, 0.6) is 0 Å². The van der Waals surface area contributed by atoms with E-state index < -0.39 is 23.5 Å². The molecule has 6 saturated heterocycles. The Morgan fingerprint density at radius 1 is 0.846 bits per heavy atom. The number of allylic oxidation sites excluding steroid dienone is 1. The number of carbonyl (C=O) groups excluding carboxylic acids is 4. The molecule has 4 amide bonds. The number of nitrogens with one attached hydrogen (secondary N) is 6. The summed E-state index contributed by atoms with van der Waals surface area (Å²) < 4.78 is 0. The van der Waals surface area contributed by atoms with Crippen LogP contribution >= 0.6 is 0 Å². The zero-order valence-electron chi connectivity index (χ0n) is 37.9. The largest absolute Gasteiger partial charge is 0.389 e. The van der Waals surface area contributed by atoms with Crippen molar-refractivity contribution < 1.29 is 24.3 Å². The van der Waals surface area contributed by atoms with Gasteiger partial charge in [0.2, 0.25) is 17.7 Å². The number of hydrogen-bond donors (Lipinski definition) is 7. The molecule has 1 aromatic heterocycles. The maximum absolute atomic E-state index is 13.8. The Morgan fingerprint density at radius 2 is 1.63 bits per heavy atom. The van der Waals surface area contributed by atoms with Gasteiger partial charge in [0.05, 0.1) is 30.4 Å². The molecule has 1 spiro atoms. The molecule has 1 saturated carbocycles. The van der Waals surface area contributed by atoms with Crippen molar-refractivity contribution in [2.75, 3.05) is 67.5 Å². The Morgan fingerprint density at radius 3 is 2.40 bits per heavy atom.